The van der Waals surface area contributed by atoms with Crippen molar-refractivity contribution in [1.29, 1.82) is 0 Å². The number of methoxy groups -OCH3 is 2. The van der Waals surface area contributed by atoms with Crippen molar-refractivity contribution in [2.45, 2.75) is 13.0 Å². The van der Waals surface area contributed by atoms with Crippen molar-refractivity contribution in [2.24, 2.45) is 0 Å². The molecule has 0 saturated heterocycles. The van der Waals surface area contributed by atoms with Gasteiger partial charge in [0, 0.05) is 24.7 Å². The molecule has 19 heavy (non-hydrogen) atoms. The predicted octanol–water partition coefficient (Wildman–Crippen LogP) is 1.59. The number of rotatable bonds is 7. The van der Waals surface area contributed by atoms with Crippen LogP contribution in [0.15, 0.2) is 18.2 Å². The molecule has 4 heteroatoms. The summed E-state index contributed by atoms with van der Waals surface area (Å²) in [6.07, 6.45) is 0.478. The Labute approximate surface area is 114 Å². The zero-order chi connectivity index (χ0) is 13.9. The van der Waals surface area contributed by atoms with Crippen molar-refractivity contribution in [3.8, 4) is 17.6 Å². The van der Waals surface area contributed by atoms with E-state index in [0.717, 1.165) is 16.9 Å². The first kappa shape index (κ1) is 15.5. The lowest BCUT2D eigenvalue weighted by atomic mass is 10.1. The van der Waals surface area contributed by atoms with Crippen molar-refractivity contribution in [3.63, 3.8) is 0 Å². The molecule has 1 aromatic carbocycles. The molecule has 0 aliphatic rings. The summed E-state index contributed by atoms with van der Waals surface area (Å²) in [5.41, 5.74) is 1.84. The lowest BCUT2D eigenvalue weighted by Gasteiger charge is -2.09. The minimum absolute atomic E-state index is 0.0795. The second kappa shape index (κ2) is 9.40. The second-order valence-electron chi connectivity index (χ2n) is 3.85. The van der Waals surface area contributed by atoms with Crippen LogP contribution in [-0.4, -0.2) is 39.1 Å². The zero-order valence-electron chi connectivity index (χ0n) is 11.4. The number of ether oxygens (including phenoxy) is 3. The first-order valence-corrected chi connectivity index (χ1v) is 6.15. The van der Waals surface area contributed by atoms with E-state index >= 15 is 0 Å². The normalized spacial score (nSPS) is 9.84. The molecule has 4 nitrogen and oxygen atoms in total. The third-order valence-electron chi connectivity index (χ3n) is 2.44. The molecule has 1 rings (SSSR count). The Hall–Kier alpha value is -1.54. The average Bonchev–Trinajstić information content (AvgIpc) is 2.44. The highest BCUT2D eigenvalue weighted by Crippen LogP contribution is 2.20. The van der Waals surface area contributed by atoms with Gasteiger partial charge in [-0.1, -0.05) is 11.8 Å². The third kappa shape index (κ3) is 5.75. The minimum Gasteiger partial charge on any atom is -0.496 e. The van der Waals surface area contributed by atoms with Crippen LogP contribution in [0.4, 0.5) is 0 Å². The van der Waals surface area contributed by atoms with Crippen LogP contribution in [0.5, 0.6) is 5.75 Å². The molecule has 0 spiro atoms. The summed E-state index contributed by atoms with van der Waals surface area (Å²) in [5.74, 6) is 6.67. The molecule has 0 radical (unpaired) electrons. The summed E-state index contributed by atoms with van der Waals surface area (Å²) in [4.78, 5) is 0. The molecule has 0 heterocycles. The highest BCUT2D eigenvalue weighted by Gasteiger charge is 2.04. The maximum absolute atomic E-state index is 8.69. The van der Waals surface area contributed by atoms with Gasteiger partial charge in [0.2, 0.25) is 0 Å². The van der Waals surface area contributed by atoms with Crippen LogP contribution in [0.1, 0.15) is 17.5 Å². The summed E-state index contributed by atoms with van der Waals surface area (Å²) >= 11 is 0. The Kier molecular flexibility index (Phi) is 7.68. The van der Waals surface area contributed by atoms with Crippen LogP contribution in [0, 0.1) is 11.8 Å². The Morgan fingerprint density at radius 3 is 2.74 bits per heavy atom. The first-order valence-electron chi connectivity index (χ1n) is 6.15. The zero-order valence-corrected chi connectivity index (χ0v) is 11.4. The van der Waals surface area contributed by atoms with E-state index < -0.39 is 0 Å². The number of hydrogen-bond acceptors (Lipinski definition) is 4. The first-order chi connectivity index (χ1) is 9.31. The van der Waals surface area contributed by atoms with E-state index in [1.54, 1.807) is 14.2 Å². The molecule has 0 aliphatic heterocycles. The molecule has 0 atom stereocenters. The number of benzene rings is 1. The lowest BCUT2D eigenvalue weighted by Crippen LogP contribution is -2.03. The monoisotopic (exact) mass is 264 g/mol. The SMILES string of the molecule is COCCOCc1cc(C#CCCO)ccc1OC. The maximum atomic E-state index is 8.69. The van der Waals surface area contributed by atoms with E-state index in [9.17, 15) is 0 Å². The summed E-state index contributed by atoms with van der Waals surface area (Å²) in [7, 11) is 3.27. The van der Waals surface area contributed by atoms with Gasteiger partial charge in [-0.15, -0.1) is 0 Å². The van der Waals surface area contributed by atoms with E-state index in [1.165, 1.54) is 0 Å². The fourth-order valence-electron chi connectivity index (χ4n) is 1.51. The van der Waals surface area contributed by atoms with Crippen LogP contribution in [0.25, 0.3) is 0 Å². The number of aliphatic hydroxyl groups excluding tert-OH is 1. The molecule has 0 saturated carbocycles. The highest BCUT2D eigenvalue weighted by molar-refractivity contribution is 5.43. The predicted molar refractivity (Wildman–Crippen MR) is 73.1 cm³/mol. The highest BCUT2D eigenvalue weighted by atomic mass is 16.5. The van der Waals surface area contributed by atoms with E-state index in [1.807, 2.05) is 18.2 Å². The second-order valence-corrected chi connectivity index (χ2v) is 3.85. The fraction of sp³-hybridized carbons (Fsp3) is 0.467. The van der Waals surface area contributed by atoms with Gasteiger partial charge < -0.3 is 19.3 Å². The van der Waals surface area contributed by atoms with Gasteiger partial charge in [-0.3, -0.25) is 0 Å². The third-order valence-corrected chi connectivity index (χ3v) is 2.44. The molecule has 1 aromatic rings. The van der Waals surface area contributed by atoms with Gasteiger partial charge in [-0.2, -0.15) is 0 Å². The van der Waals surface area contributed by atoms with Gasteiger partial charge in [0.25, 0.3) is 0 Å². The molecule has 1 N–H and O–H groups in total. The molecule has 0 aliphatic carbocycles. The van der Waals surface area contributed by atoms with Gasteiger partial charge in [0.1, 0.15) is 5.75 Å². The van der Waals surface area contributed by atoms with E-state index in [4.69, 9.17) is 19.3 Å². The van der Waals surface area contributed by atoms with E-state index in [-0.39, 0.29) is 6.61 Å². The average molecular weight is 264 g/mol. The van der Waals surface area contributed by atoms with Crippen LogP contribution >= 0.6 is 0 Å². The van der Waals surface area contributed by atoms with Gasteiger partial charge in [-0.05, 0) is 18.2 Å². The van der Waals surface area contributed by atoms with E-state index in [2.05, 4.69) is 11.8 Å². The maximum Gasteiger partial charge on any atom is 0.124 e. The lowest BCUT2D eigenvalue weighted by molar-refractivity contribution is 0.0608. The number of aliphatic hydroxyl groups is 1. The van der Waals surface area contributed by atoms with Crippen molar-refractivity contribution in [3.05, 3.63) is 29.3 Å². The van der Waals surface area contributed by atoms with Gasteiger partial charge in [-0.25, -0.2) is 0 Å². The molecule has 104 valence electrons. The van der Waals surface area contributed by atoms with Crippen LogP contribution < -0.4 is 4.74 Å². The minimum atomic E-state index is 0.0795. The molecule has 0 aromatic heterocycles. The van der Waals surface area contributed by atoms with Crippen molar-refractivity contribution in [2.75, 3.05) is 34.0 Å². The standard InChI is InChI=1S/C15H20O4/c1-17-9-10-19-12-14-11-13(5-3-4-8-16)6-7-15(14)18-2/h6-7,11,16H,4,8-10,12H2,1-2H3. The van der Waals surface area contributed by atoms with Gasteiger partial charge in [0.15, 0.2) is 0 Å². The quantitative estimate of drug-likeness (QED) is 0.600. The van der Waals surface area contributed by atoms with Crippen molar-refractivity contribution in [1.82, 2.24) is 0 Å². The van der Waals surface area contributed by atoms with E-state index in [0.29, 0.717) is 26.2 Å². The summed E-state index contributed by atoms with van der Waals surface area (Å²) in [5, 5.41) is 8.69. The summed E-state index contributed by atoms with van der Waals surface area (Å²) in [6.45, 7) is 1.65. The van der Waals surface area contributed by atoms with Crippen LogP contribution in [-0.2, 0) is 16.1 Å². The van der Waals surface area contributed by atoms with Gasteiger partial charge in [0.05, 0.1) is 33.5 Å². The molecular weight excluding hydrogens is 244 g/mol. The Bertz CT molecular complexity index is 432. The van der Waals surface area contributed by atoms with Gasteiger partial charge >= 0.3 is 0 Å². The fourth-order valence-corrected chi connectivity index (χ4v) is 1.51. The Balaban J connectivity index is 2.70. The van der Waals surface area contributed by atoms with Crippen molar-refractivity contribution < 1.29 is 19.3 Å². The topological polar surface area (TPSA) is 47.9 Å². The molecule has 0 amide bonds. The smallest absolute Gasteiger partial charge is 0.124 e. The Morgan fingerprint density at radius 2 is 2.05 bits per heavy atom. The summed E-state index contributed by atoms with van der Waals surface area (Å²) in [6, 6.07) is 5.70. The molecular formula is C15H20O4. The largest absolute Gasteiger partial charge is 0.496 e. The molecule has 0 unspecified atom stereocenters. The summed E-state index contributed by atoms with van der Waals surface area (Å²) < 4.78 is 15.7. The molecule has 0 bridgehead atoms. The number of hydrogen-bond donors (Lipinski definition) is 1. The van der Waals surface area contributed by atoms with Crippen LogP contribution in [0.3, 0.4) is 0 Å². The van der Waals surface area contributed by atoms with Crippen LogP contribution in [0.2, 0.25) is 0 Å². The molecule has 0 fully saturated rings. The Morgan fingerprint density at radius 1 is 1.21 bits per heavy atom. The van der Waals surface area contributed by atoms with Crippen molar-refractivity contribution >= 4 is 0 Å².